The summed E-state index contributed by atoms with van der Waals surface area (Å²) in [6.45, 7) is 0. The summed E-state index contributed by atoms with van der Waals surface area (Å²) in [4.78, 5) is 35.2. The minimum absolute atomic E-state index is 0.137. The van der Waals surface area contributed by atoms with Crippen LogP contribution < -0.4 is 0 Å². The van der Waals surface area contributed by atoms with E-state index >= 15 is 0 Å². The third kappa shape index (κ3) is 4.53. The minimum atomic E-state index is -0.138. The van der Waals surface area contributed by atoms with Gasteiger partial charge in [0.05, 0.1) is 22.5 Å². The summed E-state index contributed by atoms with van der Waals surface area (Å²) in [5.41, 5.74) is 2.81. The van der Waals surface area contributed by atoms with Crippen LogP contribution in [0.2, 0.25) is 0 Å². The molecule has 176 valence electrons. The maximum atomic E-state index is 12.9. The number of Topliss-reactive ketones (excluding diaryl/α,β-unsaturated/α-hetero) is 2. The minimum Gasteiger partial charge on any atom is -0.453 e. The van der Waals surface area contributed by atoms with Gasteiger partial charge in [-0.25, -0.2) is 9.97 Å². The van der Waals surface area contributed by atoms with E-state index in [1.54, 1.807) is 12.1 Å². The van der Waals surface area contributed by atoms with Gasteiger partial charge in [-0.2, -0.15) is 0 Å². The molecule has 8 heteroatoms. The number of aromatic nitrogens is 2. The number of thioether (sulfide) groups is 2. The zero-order chi connectivity index (χ0) is 24.5. The van der Waals surface area contributed by atoms with Gasteiger partial charge in [-0.15, -0.1) is 0 Å². The molecule has 3 aromatic carbocycles. The van der Waals surface area contributed by atoms with Gasteiger partial charge in [0.1, 0.15) is 21.2 Å². The van der Waals surface area contributed by atoms with Crippen LogP contribution in [-0.4, -0.2) is 33.0 Å². The number of fused-ring (bicyclic) bond motifs is 3. The van der Waals surface area contributed by atoms with Gasteiger partial charge in [0.25, 0.3) is 0 Å². The second-order valence-electron chi connectivity index (χ2n) is 8.04. The number of nitrogens with zero attached hydrogens (tertiary/aromatic N) is 2. The van der Waals surface area contributed by atoms with E-state index in [0.717, 1.165) is 21.8 Å². The fourth-order valence-corrected chi connectivity index (χ4v) is 5.64. The molecule has 6 aromatic rings. The Morgan fingerprint density at radius 3 is 1.47 bits per heavy atom. The highest BCUT2D eigenvalue weighted by Crippen LogP contribution is 2.32. The molecule has 36 heavy (non-hydrogen) atoms. The van der Waals surface area contributed by atoms with E-state index in [1.807, 2.05) is 72.8 Å². The van der Waals surface area contributed by atoms with Gasteiger partial charge in [0.15, 0.2) is 11.5 Å². The molecular weight excluding hydrogens is 492 g/mol. The van der Waals surface area contributed by atoms with E-state index in [1.165, 1.54) is 23.5 Å². The molecule has 6 rings (SSSR count). The highest BCUT2D eigenvalue weighted by molar-refractivity contribution is 8.02. The third-order valence-electron chi connectivity index (χ3n) is 5.59. The molecule has 0 saturated carbocycles. The molecule has 0 atom stereocenters. The van der Waals surface area contributed by atoms with Crippen molar-refractivity contribution in [2.45, 2.75) is 10.1 Å². The maximum Gasteiger partial charge on any atom is 0.208 e. The van der Waals surface area contributed by atoms with Crippen LogP contribution in [0.1, 0.15) is 21.1 Å². The first kappa shape index (κ1) is 22.6. The number of furan rings is 2. The van der Waals surface area contributed by atoms with E-state index in [-0.39, 0.29) is 23.1 Å². The van der Waals surface area contributed by atoms with Crippen molar-refractivity contribution >= 4 is 68.1 Å². The predicted octanol–water partition coefficient (Wildman–Crippen LogP) is 7.07. The van der Waals surface area contributed by atoms with Crippen LogP contribution in [0.4, 0.5) is 0 Å². The van der Waals surface area contributed by atoms with Crippen molar-refractivity contribution < 1.29 is 18.4 Å². The van der Waals surface area contributed by atoms with Gasteiger partial charge >= 0.3 is 0 Å². The Kier molecular flexibility index (Phi) is 6.04. The fourth-order valence-electron chi connectivity index (χ4n) is 3.80. The first-order chi connectivity index (χ1) is 17.6. The molecule has 0 saturated heterocycles. The molecule has 0 aliphatic heterocycles. The first-order valence-corrected chi connectivity index (χ1v) is 13.2. The van der Waals surface area contributed by atoms with Crippen molar-refractivity contribution in [2.75, 3.05) is 11.5 Å². The number of benzene rings is 3. The Labute approximate surface area is 214 Å². The van der Waals surface area contributed by atoms with Gasteiger partial charge in [-0.3, -0.25) is 9.59 Å². The van der Waals surface area contributed by atoms with E-state index in [2.05, 4.69) is 0 Å². The van der Waals surface area contributed by atoms with Gasteiger partial charge in [0.2, 0.25) is 11.6 Å². The summed E-state index contributed by atoms with van der Waals surface area (Å²) >= 11 is 2.57. The van der Waals surface area contributed by atoms with Crippen molar-refractivity contribution in [3.8, 4) is 0 Å². The van der Waals surface area contributed by atoms with Crippen molar-refractivity contribution in [1.29, 1.82) is 0 Å². The number of ketones is 2. The molecule has 0 aliphatic carbocycles. The standard InChI is InChI=1S/C28H18N2O4S2/c31-21(25-13-17-7-1-5-11-23(17)33-25)15-35-27-28(30-20-10-4-3-9-19(20)29-27)36-16-22(32)26-14-18-8-2-6-12-24(18)34-26/h1-14H,15-16H2. The second kappa shape index (κ2) is 9.64. The SMILES string of the molecule is O=C(CSc1nc2ccccc2nc1SCC(=O)c1cc2ccccc2o1)c1cc2ccccc2o1. The van der Waals surface area contributed by atoms with Gasteiger partial charge in [-0.05, 0) is 36.4 Å². The first-order valence-electron chi connectivity index (χ1n) is 11.2. The van der Waals surface area contributed by atoms with Crippen LogP contribution in [0, 0.1) is 0 Å². The third-order valence-corrected chi connectivity index (χ3v) is 7.65. The molecular formula is C28H18N2O4S2. The topological polar surface area (TPSA) is 86.2 Å². The van der Waals surface area contributed by atoms with Crippen molar-refractivity contribution in [1.82, 2.24) is 9.97 Å². The summed E-state index contributed by atoms with van der Waals surface area (Å²) in [6.07, 6.45) is 0. The average Bonchev–Trinajstić information content (AvgIpc) is 3.55. The summed E-state index contributed by atoms with van der Waals surface area (Å²) in [7, 11) is 0. The fraction of sp³-hybridized carbons (Fsp3) is 0.0714. The van der Waals surface area contributed by atoms with Crippen LogP contribution in [0.3, 0.4) is 0 Å². The van der Waals surface area contributed by atoms with E-state index in [9.17, 15) is 9.59 Å². The lowest BCUT2D eigenvalue weighted by atomic mass is 10.2. The Bertz CT molecular complexity index is 1560. The van der Waals surface area contributed by atoms with Crippen LogP contribution in [0.25, 0.3) is 33.0 Å². The summed E-state index contributed by atoms with van der Waals surface area (Å²) in [5, 5.41) is 2.97. The second-order valence-corrected chi connectivity index (χ2v) is 9.97. The van der Waals surface area contributed by atoms with E-state index in [4.69, 9.17) is 18.8 Å². The lowest BCUT2D eigenvalue weighted by Crippen LogP contribution is -2.04. The van der Waals surface area contributed by atoms with Crippen molar-refractivity contribution in [2.24, 2.45) is 0 Å². The highest BCUT2D eigenvalue weighted by Gasteiger charge is 2.19. The number of carbonyl (C=O) groups is 2. The molecule has 0 fully saturated rings. The van der Waals surface area contributed by atoms with Crippen molar-refractivity contribution in [3.05, 3.63) is 96.4 Å². The van der Waals surface area contributed by atoms with Crippen LogP contribution >= 0.6 is 23.5 Å². The summed E-state index contributed by atoms with van der Waals surface area (Å²) < 4.78 is 11.4. The van der Waals surface area contributed by atoms with Gasteiger partial charge in [-0.1, -0.05) is 72.1 Å². The zero-order valence-corrected chi connectivity index (χ0v) is 20.5. The largest absolute Gasteiger partial charge is 0.453 e. The number of rotatable bonds is 8. The number of hydrogen-bond acceptors (Lipinski definition) is 8. The maximum absolute atomic E-state index is 12.9. The monoisotopic (exact) mass is 510 g/mol. The summed E-state index contributed by atoms with van der Waals surface area (Å²) in [6, 6.07) is 26.1. The molecule has 0 bridgehead atoms. The van der Waals surface area contributed by atoms with E-state index < -0.39 is 0 Å². The Balaban J connectivity index is 1.22. The molecule has 0 radical (unpaired) electrons. The molecule has 0 N–H and O–H groups in total. The average molecular weight is 511 g/mol. The zero-order valence-electron chi connectivity index (χ0n) is 18.8. The molecule has 0 unspecified atom stereocenters. The Hall–Kier alpha value is -3.88. The van der Waals surface area contributed by atoms with Gasteiger partial charge in [0, 0.05) is 10.8 Å². The van der Waals surface area contributed by atoms with Crippen molar-refractivity contribution in [3.63, 3.8) is 0 Å². The van der Waals surface area contributed by atoms with Gasteiger partial charge < -0.3 is 8.83 Å². The lowest BCUT2D eigenvalue weighted by molar-refractivity contribution is 0.0986. The Morgan fingerprint density at radius 2 is 1.03 bits per heavy atom. The molecule has 3 aromatic heterocycles. The lowest BCUT2D eigenvalue weighted by Gasteiger charge is -2.08. The summed E-state index contributed by atoms with van der Waals surface area (Å²) in [5.74, 6) is 0.620. The predicted molar refractivity (Wildman–Crippen MR) is 142 cm³/mol. The normalized spacial score (nSPS) is 11.4. The van der Waals surface area contributed by atoms with Crippen LogP contribution in [-0.2, 0) is 0 Å². The number of para-hydroxylation sites is 4. The van der Waals surface area contributed by atoms with Crippen LogP contribution in [0.5, 0.6) is 0 Å². The molecule has 0 spiro atoms. The quantitative estimate of drug-likeness (QED) is 0.159. The molecule has 3 heterocycles. The number of hydrogen-bond donors (Lipinski definition) is 0. The molecule has 0 aliphatic rings. The Morgan fingerprint density at radius 1 is 0.611 bits per heavy atom. The van der Waals surface area contributed by atoms with E-state index in [0.29, 0.717) is 32.7 Å². The highest BCUT2D eigenvalue weighted by atomic mass is 32.2. The molecule has 0 amide bonds. The molecule has 6 nitrogen and oxygen atoms in total. The van der Waals surface area contributed by atoms with Crippen LogP contribution in [0.15, 0.2) is 104 Å². The number of carbonyl (C=O) groups excluding carboxylic acids is 2. The smallest absolute Gasteiger partial charge is 0.208 e.